The number of hydrogen-bond acceptors (Lipinski definition) is 3. The fourth-order valence-corrected chi connectivity index (χ4v) is 2.61. The molecule has 0 bridgehead atoms. The third kappa shape index (κ3) is 3.61. The van der Waals surface area contributed by atoms with Crippen LogP contribution in [0.25, 0.3) is 0 Å². The van der Waals surface area contributed by atoms with Crippen LogP contribution >= 0.6 is 11.6 Å². The Kier molecular flexibility index (Phi) is 4.15. The average molecular weight is 269 g/mol. The van der Waals surface area contributed by atoms with Crippen molar-refractivity contribution >= 4 is 17.3 Å². The quantitative estimate of drug-likeness (QED) is 0.811. The lowest BCUT2D eigenvalue weighted by Gasteiger charge is -2.23. The number of likely N-dealkylation sites (tertiary alicyclic amines) is 1. The van der Waals surface area contributed by atoms with Crippen LogP contribution in [0, 0.1) is 0 Å². The van der Waals surface area contributed by atoms with Crippen LogP contribution in [-0.4, -0.2) is 28.7 Å². The molecular formula is C14H21ClN2O. The Hall–Kier alpha value is -0.770. The van der Waals surface area contributed by atoms with Crippen LogP contribution in [0.2, 0.25) is 5.02 Å². The molecule has 1 aromatic carbocycles. The Labute approximate surface area is 114 Å². The summed E-state index contributed by atoms with van der Waals surface area (Å²) in [6.45, 7) is 4.68. The maximum atomic E-state index is 10.1. The lowest BCUT2D eigenvalue weighted by molar-refractivity contribution is 0.0444. The average Bonchev–Trinajstić information content (AvgIpc) is 2.44. The summed E-state index contributed by atoms with van der Waals surface area (Å²) in [6.07, 6.45) is 2.72. The third-order valence-corrected chi connectivity index (χ3v) is 3.89. The van der Waals surface area contributed by atoms with E-state index in [-0.39, 0.29) is 0 Å². The van der Waals surface area contributed by atoms with E-state index in [1.807, 2.05) is 19.1 Å². The Balaban J connectivity index is 2.01. The van der Waals surface area contributed by atoms with Crippen LogP contribution in [0.15, 0.2) is 18.2 Å². The smallest absolute Gasteiger partial charge is 0.0632 e. The molecule has 2 rings (SSSR count). The van der Waals surface area contributed by atoms with Crippen molar-refractivity contribution in [2.24, 2.45) is 0 Å². The topological polar surface area (TPSA) is 49.5 Å². The molecule has 0 saturated carbocycles. The normalized spacial score (nSPS) is 25.9. The van der Waals surface area contributed by atoms with Gasteiger partial charge in [-0.15, -0.1) is 0 Å². The second-order valence-electron chi connectivity index (χ2n) is 5.47. The number of anilines is 1. The van der Waals surface area contributed by atoms with E-state index in [1.54, 1.807) is 6.07 Å². The summed E-state index contributed by atoms with van der Waals surface area (Å²) in [4.78, 5) is 2.35. The van der Waals surface area contributed by atoms with Crippen LogP contribution < -0.4 is 5.73 Å². The number of nitrogens with two attached hydrogens (primary N) is 1. The van der Waals surface area contributed by atoms with E-state index in [9.17, 15) is 5.11 Å². The summed E-state index contributed by atoms with van der Waals surface area (Å²) < 4.78 is 0. The van der Waals surface area contributed by atoms with Gasteiger partial charge in [0.15, 0.2) is 0 Å². The van der Waals surface area contributed by atoms with Crippen molar-refractivity contribution in [1.82, 2.24) is 4.90 Å². The van der Waals surface area contributed by atoms with Gasteiger partial charge in [0, 0.05) is 23.8 Å². The van der Waals surface area contributed by atoms with Crippen molar-refractivity contribution in [3.05, 3.63) is 28.8 Å². The minimum absolute atomic E-state index is 0.514. The number of nitrogens with zero attached hydrogens (tertiary/aromatic N) is 1. The zero-order valence-electron chi connectivity index (χ0n) is 10.8. The molecule has 1 aliphatic rings. The van der Waals surface area contributed by atoms with Gasteiger partial charge in [0.25, 0.3) is 0 Å². The predicted molar refractivity (Wildman–Crippen MR) is 75.6 cm³/mol. The van der Waals surface area contributed by atoms with Gasteiger partial charge in [-0.1, -0.05) is 17.7 Å². The van der Waals surface area contributed by atoms with Gasteiger partial charge in [-0.3, -0.25) is 4.90 Å². The molecule has 1 fully saturated rings. The van der Waals surface area contributed by atoms with Gasteiger partial charge in [-0.05, 0) is 50.4 Å². The van der Waals surface area contributed by atoms with E-state index in [0.717, 1.165) is 50.1 Å². The lowest BCUT2D eigenvalue weighted by atomic mass is 9.98. The highest BCUT2D eigenvalue weighted by atomic mass is 35.5. The molecule has 1 unspecified atom stereocenters. The number of nitrogen functional groups attached to an aromatic ring is 1. The highest BCUT2D eigenvalue weighted by molar-refractivity contribution is 6.30. The lowest BCUT2D eigenvalue weighted by Crippen LogP contribution is -2.28. The summed E-state index contributed by atoms with van der Waals surface area (Å²) in [7, 11) is 0. The summed E-state index contributed by atoms with van der Waals surface area (Å²) in [5.41, 5.74) is 7.32. The highest BCUT2D eigenvalue weighted by Crippen LogP contribution is 2.24. The van der Waals surface area contributed by atoms with Gasteiger partial charge in [-0.2, -0.15) is 0 Å². The van der Waals surface area contributed by atoms with Gasteiger partial charge < -0.3 is 10.8 Å². The van der Waals surface area contributed by atoms with Crippen molar-refractivity contribution in [1.29, 1.82) is 0 Å². The second-order valence-corrected chi connectivity index (χ2v) is 5.91. The molecule has 1 saturated heterocycles. The molecule has 0 radical (unpaired) electrons. The van der Waals surface area contributed by atoms with Crippen LogP contribution in [0.4, 0.5) is 5.69 Å². The second kappa shape index (κ2) is 5.47. The molecule has 1 aliphatic heterocycles. The molecule has 100 valence electrons. The summed E-state index contributed by atoms with van der Waals surface area (Å²) in [5, 5.41) is 10.7. The van der Waals surface area contributed by atoms with Crippen LogP contribution in [0.5, 0.6) is 0 Å². The molecule has 4 heteroatoms. The van der Waals surface area contributed by atoms with Crippen molar-refractivity contribution in [2.45, 2.75) is 38.3 Å². The first kappa shape index (κ1) is 13.7. The van der Waals surface area contributed by atoms with E-state index in [1.165, 1.54) is 0 Å². The van der Waals surface area contributed by atoms with Gasteiger partial charge in [0.1, 0.15) is 0 Å². The number of rotatable bonds is 2. The number of hydrogen-bond donors (Lipinski definition) is 2. The molecule has 1 heterocycles. The van der Waals surface area contributed by atoms with E-state index in [0.29, 0.717) is 5.02 Å². The maximum Gasteiger partial charge on any atom is 0.0632 e. The molecular weight excluding hydrogens is 248 g/mol. The fourth-order valence-electron chi connectivity index (χ4n) is 2.43. The largest absolute Gasteiger partial charge is 0.398 e. The van der Waals surface area contributed by atoms with Crippen molar-refractivity contribution in [3.8, 4) is 0 Å². The number of aliphatic hydroxyl groups is 1. The highest BCUT2D eigenvalue weighted by Gasteiger charge is 2.24. The Bertz CT molecular complexity index is 420. The first-order chi connectivity index (χ1) is 8.46. The van der Waals surface area contributed by atoms with Crippen molar-refractivity contribution in [2.75, 3.05) is 18.8 Å². The first-order valence-corrected chi connectivity index (χ1v) is 6.83. The zero-order chi connectivity index (χ0) is 13.2. The van der Waals surface area contributed by atoms with Gasteiger partial charge in [0.05, 0.1) is 5.60 Å². The molecule has 18 heavy (non-hydrogen) atoms. The molecule has 0 aromatic heterocycles. The number of halogens is 1. The summed E-state index contributed by atoms with van der Waals surface area (Å²) in [6, 6.07) is 5.66. The molecule has 3 nitrogen and oxygen atoms in total. The molecule has 0 spiro atoms. The fraction of sp³-hybridized carbons (Fsp3) is 0.571. The maximum absolute atomic E-state index is 10.1. The van der Waals surface area contributed by atoms with Gasteiger partial charge in [-0.25, -0.2) is 0 Å². The van der Waals surface area contributed by atoms with E-state index < -0.39 is 5.60 Å². The SMILES string of the molecule is CC1(O)CCCN(Cc2ccc(Cl)cc2N)CC1. The van der Waals surface area contributed by atoms with Crippen molar-refractivity contribution in [3.63, 3.8) is 0 Å². The Morgan fingerprint density at radius 2 is 2.17 bits per heavy atom. The van der Waals surface area contributed by atoms with Crippen LogP contribution in [-0.2, 0) is 6.54 Å². The van der Waals surface area contributed by atoms with Crippen LogP contribution in [0.1, 0.15) is 31.7 Å². The van der Waals surface area contributed by atoms with Gasteiger partial charge >= 0.3 is 0 Å². The monoisotopic (exact) mass is 268 g/mol. The Morgan fingerprint density at radius 1 is 1.39 bits per heavy atom. The minimum Gasteiger partial charge on any atom is -0.398 e. The zero-order valence-corrected chi connectivity index (χ0v) is 11.6. The molecule has 0 aliphatic carbocycles. The van der Waals surface area contributed by atoms with Crippen LogP contribution in [0.3, 0.4) is 0 Å². The summed E-state index contributed by atoms with van der Waals surface area (Å²) >= 11 is 5.90. The predicted octanol–water partition coefficient (Wildman–Crippen LogP) is 2.66. The summed E-state index contributed by atoms with van der Waals surface area (Å²) in [5.74, 6) is 0. The first-order valence-electron chi connectivity index (χ1n) is 6.45. The Morgan fingerprint density at radius 3 is 2.89 bits per heavy atom. The minimum atomic E-state index is -0.514. The van der Waals surface area contributed by atoms with E-state index in [4.69, 9.17) is 17.3 Å². The number of benzene rings is 1. The van der Waals surface area contributed by atoms with E-state index >= 15 is 0 Å². The van der Waals surface area contributed by atoms with E-state index in [2.05, 4.69) is 4.90 Å². The molecule has 0 amide bonds. The molecule has 1 atom stereocenters. The molecule has 3 N–H and O–H groups in total. The molecule has 1 aromatic rings. The van der Waals surface area contributed by atoms with Crippen molar-refractivity contribution < 1.29 is 5.11 Å². The standard InChI is InChI=1S/C14H21ClN2O/c1-14(18)5-2-7-17(8-6-14)10-11-3-4-12(15)9-13(11)16/h3-4,9,18H,2,5-8,10,16H2,1H3. The third-order valence-electron chi connectivity index (χ3n) is 3.66. The van der Waals surface area contributed by atoms with Gasteiger partial charge in [0.2, 0.25) is 0 Å².